The Hall–Kier alpha value is -0.780. The van der Waals surface area contributed by atoms with Crippen molar-refractivity contribution in [1.29, 1.82) is 0 Å². The van der Waals surface area contributed by atoms with Crippen molar-refractivity contribution in [3.8, 4) is 0 Å². The molecule has 0 heteroatoms. The molecule has 1 aromatic carbocycles. The predicted molar refractivity (Wildman–Crippen MR) is 70.4 cm³/mol. The van der Waals surface area contributed by atoms with Gasteiger partial charge >= 0.3 is 0 Å². The highest BCUT2D eigenvalue weighted by Gasteiger charge is 2.05. The zero-order chi connectivity index (χ0) is 11.5. The third kappa shape index (κ3) is 5.61. The number of benzene rings is 1. The summed E-state index contributed by atoms with van der Waals surface area (Å²) in [5.74, 6) is 0. The van der Waals surface area contributed by atoms with E-state index < -0.39 is 0 Å². The van der Waals surface area contributed by atoms with Crippen molar-refractivity contribution < 1.29 is 0 Å². The third-order valence-electron chi connectivity index (χ3n) is 2.26. The Morgan fingerprint density at radius 1 is 0.867 bits per heavy atom. The van der Waals surface area contributed by atoms with Crippen LogP contribution < -0.4 is 0 Å². The average molecular weight is 206 g/mol. The molecule has 0 radical (unpaired) electrons. The third-order valence-corrected chi connectivity index (χ3v) is 2.26. The lowest BCUT2D eigenvalue weighted by Gasteiger charge is -2.13. The molecule has 0 atom stereocenters. The fraction of sp³-hybridized carbons (Fsp3) is 0.600. The summed E-state index contributed by atoms with van der Waals surface area (Å²) in [5.41, 5.74) is 3.16. The SMILES string of the molecule is CC.CCC.c1ccc2c(c1)CCCC2. The van der Waals surface area contributed by atoms with Crippen LogP contribution in [-0.4, -0.2) is 0 Å². The van der Waals surface area contributed by atoms with E-state index in [2.05, 4.69) is 38.1 Å². The number of fused-ring (bicyclic) bond motifs is 1. The smallest absolute Gasteiger partial charge is 0.0276 e. The van der Waals surface area contributed by atoms with Crippen LogP contribution in [-0.2, 0) is 12.8 Å². The van der Waals surface area contributed by atoms with Crippen LogP contribution in [0, 0.1) is 0 Å². The maximum atomic E-state index is 2.26. The first-order chi connectivity index (χ1) is 7.38. The zero-order valence-corrected chi connectivity index (χ0v) is 10.8. The minimum absolute atomic E-state index is 1.25. The van der Waals surface area contributed by atoms with Crippen LogP contribution in [0.15, 0.2) is 24.3 Å². The van der Waals surface area contributed by atoms with Crippen LogP contribution in [0.2, 0.25) is 0 Å². The first-order valence-electron chi connectivity index (χ1n) is 6.45. The normalized spacial score (nSPS) is 12.5. The van der Waals surface area contributed by atoms with Crippen molar-refractivity contribution in [2.45, 2.75) is 59.8 Å². The van der Waals surface area contributed by atoms with Crippen LogP contribution >= 0.6 is 0 Å². The minimum atomic E-state index is 1.25. The molecule has 1 aromatic rings. The highest BCUT2D eigenvalue weighted by Crippen LogP contribution is 2.19. The van der Waals surface area contributed by atoms with E-state index in [1.54, 1.807) is 11.1 Å². The number of aryl methyl sites for hydroxylation is 2. The van der Waals surface area contributed by atoms with Gasteiger partial charge in [-0.3, -0.25) is 0 Å². The summed E-state index contributed by atoms with van der Waals surface area (Å²) in [7, 11) is 0. The second-order valence-corrected chi connectivity index (χ2v) is 3.68. The van der Waals surface area contributed by atoms with Gasteiger partial charge in [-0.15, -0.1) is 0 Å². The molecule has 0 unspecified atom stereocenters. The fourth-order valence-electron chi connectivity index (χ4n) is 1.68. The molecule has 0 heterocycles. The Morgan fingerprint density at radius 3 is 1.53 bits per heavy atom. The van der Waals surface area contributed by atoms with Gasteiger partial charge in [0.05, 0.1) is 0 Å². The lowest BCUT2D eigenvalue weighted by molar-refractivity contribution is 0.685. The highest BCUT2D eigenvalue weighted by atomic mass is 14.1. The number of hydrogen-bond acceptors (Lipinski definition) is 0. The standard InChI is InChI=1S/C10H12.C3H8.C2H6/c1-2-6-10-8-4-3-7-9(10)5-1;1-3-2;1-2/h1-2,5-6H,3-4,7-8H2;3H2,1-2H3;1-2H3. The molecule has 0 saturated heterocycles. The van der Waals surface area contributed by atoms with E-state index in [4.69, 9.17) is 0 Å². The predicted octanol–water partition coefficient (Wildman–Crippen LogP) is 5.01. The molecule has 0 aromatic heterocycles. The summed E-state index contributed by atoms with van der Waals surface area (Å²) in [6.45, 7) is 8.25. The van der Waals surface area contributed by atoms with Gasteiger partial charge in [0.2, 0.25) is 0 Å². The molecule has 1 aliphatic carbocycles. The van der Waals surface area contributed by atoms with E-state index >= 15 is 0 Å². The van der Waals surface area contributed by atoms with Gasteiger partial charge in [-0.25, -0.2) is 0 Å². The summed E-state index contributed by atoms with van der Waals surface area (Å²) in [6.07, 6.45) is 6.63. The molecule has 0 bridgehead atoms. The van der Waals surface area contributed by atoms with Crippen molar-refractivity contribution in [2.75, 3.05) is 0 Å². The number of rotatable bonds is 0. The molecule has 15 heavy (non-hydrogen) atoms. The lowest BCUT2D eigenvalue weighted by atomic mass is 9.92. The second kappa shape index (κ2) is 9.76. The molecular weight excluding hydrogens is 180 g/mol. The number of hydrogen-bond donors (Lipinski definition) is 0. The van der Waals surface area contributed by atoms with Crippen LogP contribution in [0.25, 0.3) is 0 Å². The van der Waals surface area contributed by atoms with Gasteiger partial charge in [0, 0.05) is 0 Å². The van der Waals surface area contributed by atoms with E-state index in [0.29, 0.717) is 0 Å². The van der Waals surface area contributed by atoms with Gasteiger partial charge < -0.3 is 0 Å². The van der Waals surface area contributed by atoms with Crippen molar-refractivity contribution in [3.63, 3.8) is 0 Å². The molecular formula is C15H26. The van der Waals surface area contributed by atoms with E-state index in [1.807, 2.05) is 13.8 Å². The Morgan fingerprint density at radius 2 is 1.20 bits per heavy atom. The van der Waals surface area contributed by atoms with Gasteiger partial charge in [-0.1, -0.05) is 58.4 Å². The molecule has 0 nitrogen and oxygen atoms in total. The Kier molecular flexibility index (Phi) is 9.26. The fourth-order valence-corrected chi connectivity index (χ4v) is 1.68. The molecule has 0 aliphatic heterocycles. The monoisotopic (exact) mass is 206 g/mol. The molecule has 1 aliphatic rings. The van der Waals surface area contributed by atoms with Crippen LogP contribution in [0.3, 0.4) is 0 Å². The van der Waals surface area contributed by atoms with Gasteiger partial charge in [-0.2, -0.15) is 0 Å². The summed E-state index contributed by atoms with van der Waals surface area (Å²) in [5, 5.41) is 0. The quantitative estimate of drug-likeness (QED) is 0.560. The lowest BCUT2D eigenvalue weighted by Crippen LogP contribution is -2.00. The molecule has 0 N–H and O–H groups in total. The summed E-state index contributed by atoms with van der Waals surface area (Å²) >= 11 is 0. The highest BCUT2D eigenvalue weighted by molar-refractivity contribution is 5.28. The molecule has 2 rings (SSSR count). The molecule has 86 valence electrons. The van der Waals surface area contributed by atoms with Gasteiger partial charge in [0.1, 0.15) is 0 Å². The van der Waals surface area contributed by atoms with Crippen molar-refractivity contribution >= 4 is 0 Å². The van der Waals surface area contributed by atoms with Gasteiger partial charge in [-0.05, 0) is 36.8 Å². The molecule has 0 saturated carbocycles. The molecule has 0 amide bonds. The van der Waals surface area contributed by atoms with Gasteiger partial charge in [0.25, 0.3) is 0 Å². The van der Waals surface area contributed by atoms with E-state index in [0.717, 1.165) is 0 Å². The zero-order valence-electron chi connectivity index (χ0n) is 10.8. The van der Waals surface area contributed by atoms with Crippen molar-refractivity contribution in [1.82, 2.24) is 0 Å². The average Bonchev–Trinajstić information content (AvgIpc) is 2.33. The minimum Gasteiger partial charge on any atom is -0.0683 e. The Bertz CT molecular complexity index is 213. The summed E-state index contributed by atoms with van der Waals surface area (Å²) in [4.78, 5) is 0. The first-order valence-corrected chi connectivity index (χ1v) is 6.45. The summed E-state index contributed by atoms with van der Waals surface area (Å²) < 4.78 is 0. The van der Waals surface area contributed by atoms with Gasteiger partial charge in [0.15, 0.2) is 0 Å². The van der Waals surface area contributed by atoms with Crippen LogP contribution in [0.5, 0.6) is 0 Å². The maximum absolute atomic E-state index is 2.26. The van der Waals surface area contributed by atoms with E-state index in [-0.39, 0.29) is 0 Å². The van der Waals surface area contributed by atoms with Crippen LogP contribution in [0.4, 0.5) is 0 Å². The first kappa shape index (κ1) is 14.2. The Balaban J connectivity index is 0.000000342. The topological polar surface area (TPSA) is 0 Å². The molecule has 0 spiro atoms. The van der Waals surface area contributed by atoms with E-state index in [9.17, 15) is 0 Å². The van der Waals surface area contributed by atoms with Crippen molar-refractivity contribution in [2.24, 2.45) is 0 Å². The second-order valence-electron chi connectivity index (χ2n) is 3.68. The van der Waals surface area contributed by atoms with E-state index in [1.165, 1.54) is 32.1 Å². The Labute approximate surface area is 95.7 Å². The molecule has 0 fully saturated rings. The maximum Gasteiger partial charge on any atom is -0.0276 e. The van der Waals surface area contributed by atoms with Crippen molar-refractivity contribution in [3.05, 3.63) is 35.4 Å². The van der Waals surface area contributed by atoms with Crippen LogP contribution in [0.1, 0.15) is 58.1 Å². The summed E-state index contributed by atoms with van der Waals surface area (Å²) in [6, 6.07) is 8.80. The largest absolute Gasteiger partial charge is 0.0683 e.